The molecule has 1 amide bonds. The highest BCUT2D eigenvalue weighted by Crippen LogP contribution is 2.27. The predicted molar refractivity (Wildman–Crippen MR) is 92.3 cm³/mol. The molecule has 3 heteroatoms. The Morgan fingerprint density at radius 1 is 1.00 bits per heavy atom. The summed E-state index contributed by atoms with van der Waals surface area (Å²) in [6.45, 7) is 4.63. The fourth-order valence-electron chi connectivity index (χ4n) is 3.63. The second-order valence-electron chi connectivity index (χ2n) is 7.04. The molecule has 0 spiro atoms. The van der Waals surface area contributed by atoms with Crippen LogP contribution in [0.15, 0.2) is 24.3 Å². The summed E-state index contributed by atoms with van der Waals surface area (Å²) in [5.74, 6) is 1.28. The first-order valence-electron chi connectivity index (χ1n) is 8.88. The Labute approximate surface area is 134 Å². The number of carbonyl (C=O) groups is 1. The lowest BCUT2D eigenvalue weighted by Gasteiger charge is -2.32. The minimum absolute atomic E-state index is 0.208. The lowest BCUT2D eigenvalue weighted by atomic mass is 9.88. The van der Waals surface area contributed by atoms with Gasteiger partial charge in [0.1, 0.15) is 0 Å². The van der Waals surface area contributed by atoms with Gasteiger partial charge in [-0.2, -0.15) is 0 Å². The number of hydrogen-bond donors (Lipinski definition) is 1. The molecule has 3 nitrogen and oxygen atoms in total. The summed E-state index contributed by atoms with van der Waals surface area (Å²) in [6.07, 6.45) is 8.34. The second kappa shape index (κ2) is 7.17. The predicted octanol–water partition coefficient (Wildman–Crippen LogP) is 4.44. The standard InChI is InChI=1S/C19H28N2O/c1-15-11-13-21(14-12-15)18-9-7-17(8-10-18)20-19(22)16-5-3-2-4-6-16/h7-10,15-16H,2-6,11-14H2,1H3,(H,20,22). The van der Waals surface area contributed by atoms with Gasteiger partial charge in [0.15, 0.2) is 0 Å². The molecule has 1 saturated carbocycles. The molecule has 1 aliphatic carbocycles. The zero-order chi connectivity index (χ0) is 15.4. The van der Waals surface area contributed by atoms with Crippen LogP contribution in [0.4, 0.5) is 11.4 Å². The first-order chi connectivity index (χ1) is 10.7. The van der Waals surface area contributed by atoms with E-state index in [0.717, 1.165) is 37.5 Å². The number of carbonyl (C=O) groups excluding carboxylic acids is 1. The van der Waals surface area contributed by atoms with Crippen LogP contribution in [0.5, 0.6) is 0 Å². The van der Waals surface area contributed by atoms with E-state index in [0.29, 0.717) is 0 Å². The molecule has 2 fully saturated rings. The van der Waals surface area contributed by atoms with Crippen LogP contribution in [0.2, 0.25) is 0 Å². The van der Waals surface area contributed by atoms with Crippen molar-refractivity contribution in [1.82, 2.24) is 0 Å². The van der Waals surface area contributed by atoms with E-state index >= 15 is 0 Å². The van der Waals surface area contributed by atoms with E-state index in [1.807, 2.05) is 12.1 Å². The molecule has 22 heavy (non-hydrogen) atoms. The minimum atomic E-state index is 0.208. The maximum absolute atomic E-state index is 12.3. The summed E-state index contributed by atoms with van der Waals surface area (Å²) in [7, 11) is 0. The van der Waals surface area contributed by atoms with E-state index in [9.17, 15) is 4.79 Å². The first-order valence-corrected chi connectivity index (χ1v) is 8.88. The van der Waals surface area contributed by atoms with Gasteiger partial charge in [0, 0.05) is 30.4 Å². The van der Waals surface area contributed by atoms with Crippen LogP contribution < -0.4 is 10.2 Å². The van der Waals surface area contributed by atoms with E-state index in [1.54, 1.807) is 0 Å². The minimum Gasteiger partial charge on any atom is -0.372 e. The van der Waals surface area contributed by atoms with Gasteiger partial charge in [-0.3, -0.25) is 4.79 Å². The summed E-state index contributed by atoms with van der Waals surface area (Å²) in [5, 5.41) is 3.09. The Balaban J connectivity index is 1.56. The molecule has 0 aromatic heterocycles. The zero-order valence-corrected chi connectivity index (χ0v) is 13.7. The smallest absolute Gasteiger partial charge is 0.227 e. The molecule has 1 aliphatic heterocycles. The van der Waals surface area contributed by atoms with Crippen molar-refractivity contribution in [3.8, 4) is 0 Å². The fourth-order valence-corrected chi connectivity index (χ4v) is 3.63. The van der Waals surface area contributed by atoms with E-state index in [-0.39, 0.29) is 11.8 Å². The molecule has 1 N–H and O–H groups in total. The Hall–Kier alpha value is -1.51. The number of nitrogens with one attached hydrogen (secondary N) is 1. The highest BCUT2D eigenvalue weighted by Gasteiger charge is 2.21. The molecule has 0 bridgehead atoms. The molecular weight excluding hydrogens is 272 g/mol. The Kier molecular flexibility index (Phi) is 5.01. The highest BCUT2D eigenvalue weighted by molar-refractivity contribution is 5.92. The number of rotatable bonds is 3. The summed E-state index contributed by atoms with van der Waals surface area (Å²) in [4.78, 5) is 14.7. The summed E-state index contributed by atoms with van der Waals surface area (Å²) < 4.78 is 0. The van der Waals surface area contributed by atoms with Crippen LogP contribution in [0, 0.1) is 11.8 Å². The van der Waals surface area contributed by atoms with Gasteiger partial charge in [0.2, 0.25) is 5.91 Å². The van der Waals surface area contributed by atoms with Crippen LogP contribution in [0.3, 0.4) is 0 Å². The summed E-state index contributed by atoms with van der Waals surface area (Å²) in [6, 6.07) is 8.39. The van der Waals surface area contributed by atoms with E-state index in [2.05, 4.69) is 29.3 Å². The number of anilines is 2. The number of benzene rings is 1. The van der Waals surface area contributed by atoms with Crippen LogP contribution in [0.1, 0.15) is 51.9 Å². The largest absolute Gasteiger partial charge is 0.372 e. The maximum atomic E-state index is 12.3. The van der Waals surface area contributed by atoms with Gasteiger partial charge in [-0.25, -0.2) is 0 Å². The van der Waals surface area contributed by atoms with Gasteiger partial charge in [-0.15, -0.1) is 0 Å². The Morgan fingerprint density at radius 3 is 2.27 bits per heavy atom. The monoisotopic (exact) mass is 300 g/mol. The van der Waals surface area contributed by atoms with Crippen LogP contribution >= 0.6 is 0 Å². The van der Waals surface area contributed by atoms with Crippen LogP contribution in [0.25, 0.3) is 0 Å². The number of hydrogen-bond acceptors (Lipinski definition) is 2. The van der Waals surface area contributed by atoms with Gasteiger partial charge >= 0.3 is 0 Å². The Bertz CT molecular complexity index is 483. The van der Waals surface area contributed by atoms with Crippen molar-refractivity contribution >= 4 is 17.3 Å². The van der Waals surface area contributed by atoms with Gasteiger partial charge in [0.25, 0.3) is 0 Å². The summed E-state index contributed by atoms with van der Waals surface area (Å²) >= 11 is 0. The number of amides is 1. The van der Waals surface area contributed by atoms with Crippen molar-refractivity contribution in [2.45, 2.75) is 51.9 Å². The topological polar surface area (TPSA) is 32.3 Å². The second-order valence-corrected chi connectivity index (χ2v) is 7.04. The fraction of sp³-hybridized carbons (Fsp3) is 0.632. The van der Waals surface area contributed by atoms with Crippen molar-refractivity contribution in [1.29, 1.82) is 0 Å². The third kappa shape index (κ3) is 3.82. The average molecular weight is 300 g/mol. The molecule has 0 unspecified atom stereocenters. The van der Waals surface area contributed by atoms with Crippen molar-refractivity contribution in [3.05, 3.63) is 24.3 Å². The van der Waals surface area contributed by atoms with Gasteiger partial charge in [-0.05, 0) is 55.9 Å². The number of nitrogens with zero attached hydrogens (tertiary/aromatic N) is 1. The van der Waals surface area contributed by atoms with Crippen LogP contribution in [-0.2, 0) is 4.79 Å². The van der Waals surface area contributed by atoms with Gasteiger partial charge in [0.05, 0.1) is 0 Å². The molecule has 2 aliphatic rings. The van der Waals surface area contributed by atoms with Crippen molar-refractivity contribution in [2.24, 2.45) is 11.8 Å². The normalized spacial score (nSPS) is 20.9. The SMILES string of the molecule is CC1CCN(c2ccc(NC(=O)C3CCCCC3)cc2)CC1. The third-order valence-corrected chi connectivity index (χ3v) is 5.26. The summed E-state index contributed by atoms with van der Waals surface area (Å²) in [5.41, 5.74) is 2.22. The van der Waals surface area contributed by atoms with Crippen molar-refractivity contribution in [2.75, 3.05) is 23.3 Å². The van der Waals surface area contributed by atoms with Crippen LogP contribution in [-0.4, -0.2) is 19.0 Å². The molecule has 1 aromatic carbocycles. The van der Waals surface area contributed by atoms with Crippen molar-refractivity contribution < 1.29 is 4.79 Å². The molecule has 1 saturated heterocycles. The first kappa shape index (κ1) is 15.4. The molecule has 1 aromatic rings. The van der Waals surface area contributed by atoms with Gasteiger partial charge in [-0.1, -0.05) is 26.2 Å². The molecule has 1 heterocycles. The molecule has 120 valence electrons. The van der Waals surface area contributed by atoms with Gasteiger partial charge < -0.3 is 10.2 Å². The maximum Gasteiger partial charge on any atom is 0.227 e. The third-order valence-electron chi connectivity index (χ3n) is 5.26. The van der Waals surface area contributed by atoms with E-state index < -0.39 is 0 Å². The van der Waals surface area contributed by atoms with E-state index in [1.165, 1.54) is 37.8 Å². The van der Waals surface area contributed by atoms with E-state index in [4.69, 9.17) is 0 Å². The highest BCUT2D eigenvalue weighted by atomic mass is 16.1. The molecule has 0 radical (unpaired) electrons. The molecule has 3 rings (SSSR count). The number of piperidine rings is 1. The zero-order valence-electron chi connectivity index (χ0n) is 13.7. The average Bonchev–Trinajstić information content (AvgIpc) is 2.57. The molecular formula is C19H28N2O. The molecule has 0 atom stereocenters. The lowest BCUT2D eigenvalue weighted by molar-refractivity contribution is -0.120. The Morgan fingerprint density at radius 2 is 1.64 bits per heavy atom. The quantitative estimate of drug-likeness (QED) is 0.895. The lowest BCUT2D eigenvalue weighted by Crippen LogP contribution is -2.32. The van der Waals surface area contributed by atoms with Crippen molar-refractivity contribution in [3.63, 3.8) is 0 Å².